The van der Waals surface area contributed by atoms with E-state index in [0.717, 1.165) is 38.0 Å². The lowest BCUT2D eigenvalue weighted by Gasteiger charge is -2.05. The molecule has 0 atom stereocenters. The van der Waals surface area contributed by atoms with Gasteiger partial charge in [0.1, 0.15) is 0 Å². The molecular formula is C13H18N2O2S2. The van der Waals surface area contributed by atoms with Crippen molar-refractivity contribution >= 4 is 29.1 Å². The summed E-state index contributed by atoms with van der Waals surface area (Å²) in [6.45, 7) is 4.24. The third-order valence-electron chi connectivity index (χ3n) is 2.60. The third-order valence-corrected chi connectivity index (χ3v) is 3.88. The highest BCUT2D eigenvalue weighted by molar-refractivity contribution is 8.14. The number of aromatic nitrogens is 2. The number of hydrogen-bond donors (Lipinski definition) is 1. The van der Waals surface area contributed by atoms with Gasteiger partial charge in [0.25, 0.3) is 5.56 Å². The van der Waals surface area contributed by atoms with Crippen molar-refractivity contribution in [3.63, 3.8) is 0 Å². The molecule has 0 aliphatic rings. The van der Waals surface area contributed by atoms with Crippen molar-refractivity contribution < 1.29 is 4.79 Å². The maximum Gasteiger partial charge on any atom is 0.251 e. The Hall–Kier alpha value is -1.14. The Kier molecular flexibility index (Phi) is 7.43. The van der Waals surface area contributed by atoms with E-state index in [0.29, 0.717) is 4.77 Å². The average Bonchev–Trinajstić information content (AvgIpc) is 2.39. The monoisotopic (exact) mass is 298 g/mol. The van der Waals surface area contributed by atoms with Crippen molar-refractivity contribution in [1.29, 1.82) is 0 Å². The minimum atomic E-state index is -0.162. The first-order valence-corrected chi connectivity index (χ1v) is 7.62. The molecule has 0 amide bonds. The summed E-state index contributed by atoms with van der Waals surface area (Å²) in [5.41, 5.74) is -0.162. The van der Waals surface area contributed by atoms with Crippen LogP contribution in [0.25, 0.3) is 0 Å². The van der Waals surface area contributed by atoms with Crippen LogP contribution in [-0.4, -0.2) is 20.4 Å². The predicted molar refractivity (Wildman–Crippen MR) is 82.0 cm³/mol. The molecule has 0 bridgehead atoms. The van der Waals surface area contributed by atoms with E-state index in [4.69, 9.17) is 12.2 Å². The summed E-state index contributed by atoms with van der Waals surface area (Å²) in [6, 6.07) is 1.48. The van der Waals surface area contributed by atoms with Crippen LogP contribution < -0.4 is 5.56 Å². The van der Waals surface area contributed by atoms with Gasteiger partial charge in [0.2, 0.25) is 5.12 Å². The van der Waals surface area contributed by atoms with Crippen molar-refractivity contribution in [3.8, 4) is 0 Å². The Bertz CT molecular complexity index is 534. The van der Waals surface area contributed by atoms with Crippen LogP contribution in [0.4, 0.5) is 0 Å². The molecule has 1 aromatic heterocycles. The molecule has 0 unspecified atom stereocenters. The Morgan fingerprint density at radius 1 is 1.42 bits per heavy atom. The number of nitrogens with zero attached hydrogens (tertiary/aromatic N) is 1. The molecule has 6 heteroatoms. The number of carbonyl (C=O) groups is 1. The van der Waals surface area contributed by atoms with Gasteiger partial charge in [-0.3, -0.25) is 14.6 Å². The van der Waals surface area contributed by atoms with Crippen molar-refractivity contribution in [1.82, 2.24) is 9.55 Å². The predicted octanol–water partition coefficient (Wildman–Crippen LogP) is 2.91. The van der Waals surface area contributed by atoms with Crippen LogP contribution in [0.2, 0.25) is 0 Å². The lowest BCUT2D eigenvalue weighted by Crippen LogP contribution is -2.11. The minimum absolute atomic E-state index is 0.0412. The lowest BCUT2D eigenvalue weighted by atomic mass is 10.2. The molecule has 0 aliphatic heterocycles. The summed E-state index contributed by atoms with van der Waals surface area (Å²) in [5, 5.41) is 0.0412. The van der Waals surface area contributed by atoms with Gasteiger partial charge >= 0.3 is 0 Å². The fraction of sp³-hybridized carbons (Fsp3) is 0.462. The number of H-pyrrole nitrogens is 1. The number of aryl methyl sites for hydroxylation is 1. The van der Waals surface area contributed by atoms with Crippen molar-refractivity contribution in [3.05, 3.63) is 40.0 Å². The first kappa shape index (κ1) is 15.9. The van der Waals surface area contributed by atoms with Crippen molar-refractivity contribution in [2.75, 3.05) is 5.75 Å². The van der Waals surface area contributed by atoms with E-state index in [1.165, 1.54) is 23.9 Å². The average molecular weight is 298 g/mol. The van der Waals surface area contributed by atoms with E-state index >= 15 is 0 Å². The van der Waals surface area contributed by atoms with Crippen LogP contribution in [0.15, 0.2) is 29.7 Å². The van der Waals surface area contributed by atoms with Gasteiger partial charge < -0.3 is 4.57 Å². The van der Waals surface area contributed by atoms with Gasteiger partial charge in [0, 0.05) is 24.6 Å². The van der Waals surface area contributed by atoms with Gasteiger partial charge in [-0.15, -0.1) is 0 Å². The molecule has 0 radical (unpaired) electrons. The Morgan fingerprint density at radius 3 is 2.84 bits per heavy atom. The number of thioether (sulfide) groups is 1. The lowest BCUT2D eigenvalue weighted by molar-refractivity contribution is -0.107. The van der Waals surface area contributed by atoms with Crippen LogP contribution in [-0.2, 0) is 11.3 Å². The summed E-state index contributed by atoms with van der Waals surface area (Å²) in [4.78, 5) is 24.5. The molecule has 0 aliphatic carbocycles. The SMILES string of the molecule is C=CC(=O)SCCCCCCn1ccc(=O)[nH]c1=S. The maximum absolute atomic E-state index is 11.0. The molecule has 0 saturated heterocycles. The largest absolute Gasteiger partial charge is 0.325 e. The highest BCUT2D eigenvalue weighted by Gasteiger charge is 1.97. The van der Waals surface area contributed by atoms with Crippen LogP contribution >= 0.6 is 24.0 Å². The first-order chi connectivity index (χ1) is 9.13. The topological polar surface area (TPSA) is 54.9 Å². The molecular weight excluding hydrogens is 280 g/mol. The fourth-order valence-electron chi connectivity index (χ4n) is 1.59. The first-order valence-electron chi connectivity index (χ1n) is 6.22. The van der Waals surface area contributed by atoms with E-state index in [2.05, 4.69) is 11.6 Å². The molecule has 1 aromatic rings. The van der Waals surface area contributed by atoms with E-state index in [1.807, 2.05) is 4.57 Å². The molecule has 0 aromatic carbocycles. The maximum atomic E-state index is 11.0. The van der Waals surface area contributed by atoms with Gasteiger partial charge in [0.05, 0.1) is 0 Å². The number of hydrogen-bond acceptors (Lipinski definition) is 4. The number of aromatic amines is 1. The Balaban J connectivity index is 2.14. The van der Waals surface area contributed by atoms with Crippen LogP contribution in [0.5, 0.6) is 0 Å². The summed E-state index contributed by atoms with van der Waals surface area (Å²) >= 11 is 6.37. The highest BCUT2D eigenvalue weighted by atomic mass is 32.2. The van der Waals surface area contributed by atoms with Gasteiger partial charge in [-0.05, 0) is 31.1 Å². The zero-order valence-corrected chi connectivity index (χ0v) is 12.4. The summed E-state index contributed by atoms with van der Waals surface area (Å²) in [7, 11) is 0. The molecule has 0 saturated carbocycles. The summed E-state index contributed by atoms with van der Waals surface area (Å²) in [5.74, 6) is 0.850. The summed E-state index contributed by atoms with van der Waals surface area (Å²) < 4.78 is 2.34. The Morgan fingerprint density at radius 2 is 2.16 bits per heavy atom. The second-order valence-corrected chi connectivity index (χ2v) is 5.58. The van der Waals surface area contributed by atoms with Gasteiger partial charge in [-0.25, -0.2) is 0 Å². The zero-order valence-electron chi connectivity index (χ0n) is 10.8. The molecule has 4 nitrogen and oxygen atoms in total. The van der Waals surface area contributed by atoms with Crippen molar-refractivity contribution in [2.24, 2.45) is 0 Å². The van der Waals surface area contributed by atoms with Crippen LogP contribution in [0, 0.1) is 4.77 Å². The zero-order chi connectivity index (χ0) is 14.1. The second-order valence-electron chi connectivity index (χ2n) is 4.09. The molecule has 0 fully saturated rings. The number of rotatable bonds is 8. The van der Waals surface area contributed by atoms with E-state index in [1.54, 1.807) is 6.20 Å². The third kappa shape index (κ3) is 6.54. The standard InChI is InChI=1S/C13H18N2O2S2/c1-2-12(17)19-10-6-4-3-5-8-15-9-7-11(16)14-13(15)18/h2,7,9H,1,3-6,8,10H2,(H,14,16,18). The van der Waals surface area contributed by atoms with Crippen LogP contribution in [0.1, 0.15) is 25.7 Å². The van der Waals surface area contributed by atoms with Crippen molar-refractivity contribution in [2.45, 2.75) is 32.2 Å². The van der Waals surface area contributed by atoms with E-state index < -0.39 is 0 Å². The molecule has 104 valence electrons. The number of nitrogens with one attached hydrogen (secondary N) is 1. The molecule has 1 heterocycles. The molecule has 0 spiro atoms. The quantitative estimate of drug-likeness (QED) is 0.455. The van der Waals surface area contributed by atoms with Gasteiger partial charge in [-0.1, -0.05) is 31.2 Å². The van der Waals surface area contributed by atoms with E-state index in [9.17, 15) is 9.59 Å². The highest BCUT2D eigenvalue weighted by Crippen LogP contribution is 2.09. The minimum Gasteiger partial charge on any atom is -0.325 e. The molecule has 1 N–H and O–H groups in total. The molecule has 1 rings (SSSR count). The Labute approximate surface area is 121 Å². The fourth-order valence-corrected chi connectivity index (χ4v) is 2.51. The van der Waals surface area contributed by atoms with Crippen LogP contribution in [0.3, 0.4) is 0 Å². The van der Waals surface area contributed by atoms with Gasteiger partial charge in [-0.2, -0.15) is 0 Å². The normalized spacial score (nSPS) is 10.3. The molecule has 19 heavy (non-hydrogen) atoms. The summed E-state index contributed by atoms with van der Waals surface area (Å²) in [6.07, 6.45) is 7.29. The van der Waals surface area contributed by atoms with E-state index in [-0.39, 0.29) is 10.7 Å². The number of unbranched alkanes of at least 4 members (excludes halogenated alkanes) is 3. The number of carbonyl (C=O) groups excluding carboxylic acids is 1. The second kappa shape index (κ2) is 8.87. The smallest absolute Gasteiger partial charge is 0.251 e. The van der Waals surface area contributed by atoms with Gasteiger partial charge in [0.15, 0.2) is 4.77 Å².